The van der Waals surface area contributed by atoms with E-state index in [0.717, 1.165) is 73.1 Å². The topological polar surface area (TPSA) is 82.9 Å². The third-order valence-corrected chi connectivity index (χ3v) is 7.39. The number of pyridine rings is 1. The van der Waals surface area contributed by atoms with Gasteiger partial charge in [0.15, 0.2) is 0 Å². The number of hydrogen-bond donors (Lipinski definition) is 2. The fourth-order valence-corrected chi connectivity index (χ4v) is 5.49. The van der Waals surface area contributed by atoms with Crippen molar-refractivity contribution in [3.63, 3.8) is 0 Å². The molecule has 1 aliphatic rings. The Morgan fingerprint density at radius 3 is 2.86 bits per heavy atom. The summed E-state index contributed by atoms with van der Waals surface area (Å²) >= 11 is 0. The molecule has 6 nitrogen and oxygen atoms in total. The molecule has 36 heavy (non-hydrogen) atoms. The Balaban J connectivity index is 1.34. The van der Waals surface area contributed by atoms with Gasteiger partial charge in [-0.25, -0.2) is 4.39 Å². The van der Waals surface area contributed by atoms with Crippen LogP contribution in [0.25, 0.3) is 10.9 Å². The van der Waals surface area contributed by atoms with Gasteiger partial charge in [0.1, 0.15) is 11.6 Å². The van der Waals surface area contributed by atoms with Crippen molar-refractivity contribution in [1.82, 2.24) is 9.88 Å². The number of hydrogen-bond acceptors (Lipinski definition) is 5. The fraction of sp³-hybridized carbons (Fsp3) is 0.448. The van der Waals surface area contributed by atoms with Crippen LogP contribution in [0.4, 0.5) is 4.39 Å². The quantitative estimate of drug-likeness (QED) is 0.379. The molecule has 0 bridgehead atoms. The summed E-state index contributed by atoms with van der Waals surface area (Å²) in [5.41, 5.74) is 2.62. The van der Waals surface area contributed by atoms with E-state index in [-0.39, 0.29) is 24.1 Å². The predicted molar refractivity (Wildman–Crippen MR) is 137 cm³/mol. The van der Waals surface area contributed by atoms with Crippen LogP contribution in [0.5, 0.6) is 5.75 Å². The van der Waals surface area contributed by atoms with Crippen LogP contribution in [-0.2, 0) is 11.2 Å². The fourth-order valence-electron chi connectivity index (χ4n) is 5.49. The van der Waals surface area contributed by atoms with E-state index in [4.69, 9.17) is 4.74 Å². The zero-order chi connectivity index (χ0) is 25.5. The highest BCUT2D eigenvalue weighted by Gasteiger charge is 2.31. The zero-order valence-corrected chi connectivity index (χ0v) is 20.8. The smallest absolute Gasteiger partial charge is 0.303 e. The van der Waals surface area contributed by atoms with Crippen LogP contribution in [0.3, 0.4) is 0 Å². The molecule has 0 unspecified atom stereocenters. The van der Waals surface area contributed by atoms with Gasteiger partial charge in [-0.3, -0.25) is 9.78 Å². The lowest BCUT2D eigenvalue weighted by molar-refractivity contribution is -0.139. The molecule has 7 heteroatoms. The van der Waals surface area contributed by atoms with Crippen molar-refractivity contribution in [3.8, 4) is 5.75 Å². The predicted octanol–water partition coefficient (Wildman–Crippen LogP) is 5.24. The van der Waals surface area contributed by atoms with E-state index >= 15 is 0 Å². The van der Waals surface area contributed by atoms with Gasteiger partial charge in [-0.05, 0) is 105 Å². The van der Waals surface area contributed by atoms with Crippen molar-refractivity contribution in [2.24, 2.45) is 11.8 Å². The minimum Gasteiger partial charge on any atom is -0.497 e. The summed E-state index contributed by atoms with van der Waals surface area (Å²) in [5.74, 6) is 0.0234. The summed E-state index contributed by atoms with van der Waals surface area (Å²) in [5, 5.41) is 21.5. The number of piperidine rings is 1. The number of nitrogens with zero attached hydrogens (tertiary/aromatic N) is 2. The summed E-state index contributed by atoms with van der Waals surface area (Å²) in [6.45, 7) is 2.52. The maximum absolute atomic E-state index is 13.4. The zero-order valence-electron chi connectivity index (χ0n) is 20.8. The molecule has 2 heterocycles. The van der Waals surface area contributed by atoms with Crippen LogP contribution < -0.4 is 4.74 Å². The highest BCUT2D eigenvalue weighted by atomic mass is 19.1. The molecule has 2 N–H and O–H groups in total. The average molecular weight is 495 g/mol. The number of halogens is 1. The Bertz CT molecular complexity index is 1170. The second kappa shape index (κ2) is 12.3. The average Bonchev–Trinajstić information content (AvgIpc) is 2.87. The van der Waals surface area contributed by atoms with Gasteiger partial charge in [0.25, 0.3) is 0 Å². The number of aliphatic hydroxyl groups is 1. The van der Waals surface area contributed by atoms with Gasteiger partial charge >= 0.3 is 5.97 Å². The first-order valence-electron chi connectivity index (χ1n) is 12.7. The number of ether oxygens (including phenoxy) is 1. The Kier molecular flexibility index (Phi) is 8.88. The SMILES string of the molecule is COc1ccc2nccc([C@@H](O)CC[C@@H]3CCN(CCCc4cccc(F)c4)C[C@@H]3CC(=O)O)c2c1. The number of rotatable bonds is 11. The molecule has 0 aliphatic carbocycles. The standard InChI is InChI=1S/C29H35FN2O4/c1-36-24-8-9-27-26(18-24)25(11-13-31-27)28(33)10-7-21-12-15-32(19-22(21)17-29(34)35)14-3-5-20-4-2-6-23(30)16-20/h2,4,6,8-9,11,13,16,18,21-22,28,33H,3,5,7,10,12,14-15,17,19H2,1H3,(H,34,35)/t21-,22+,28+/m1/s1. The highest BCUT2D eigenvalue weighted by molar-refractivity contribution is 5.83. The monoisotopic (exact) mass is 494 g/mol. The lowest BCUT2D eigenvalue weighted by atomic mass is 9.79. The van der Waals surface area contributed by atoms with Crippen LogP contribution in [0.15, 0.2) is 54.7 Å². The molecular formula is C29H35FN2O4. The van der Waals surface area contributed by atoms with Crippen LogP contribution in [-0.4, -0.2) is 52.8 Å². The van der Waals surface area contributed by atoms with Gasteiger partial charge in [0.05, 0.1) is 18.7 Å². The maximum Gasteiger partial charge on any atom is 0.303 e. The first-order valence-corrected chi connectivity index (χ1v) is 12.7. The Morgan fingerprint density at radius 1 is 1.22 bits per heavy atom. The highest BCUT2D eigenvalue weighted by Crippen LogP contribution is 2.34. The minimum atomic E-state index is -0.778. The molecule has 3 aromatic rings. The number of carboxylic acid groups (broad SMARTS) is 1. The number of aromatic nitrogens is 1. The van der Waals surface area contributed by atoms with Crippen molar-refractivity contribution in [1.29, 1.82) is 0 Å². The molecule has 3 atom stereocenters. The number of methoxy groups -OCH3 is 1. The van der Waals surface area contributed by atoms with E-state index in [9.17, 15) is 19.4 Å². The summed E-state index contributed by atoms with van der Waals surface area (Å²) in [4.78, 5) is 18.3. The Hall–Kier alpha value is -3.03. The third kappa shape index (κ3) is 6.80. The molecule has 1 fully saturated rings. The molecule has 192 valence electrons. The van der Waals surface area contributed by atoms with Crippen molar-refractivity contribution in [2.75, 3.05) is 26.7 Å². The number of aryl methyl sites for hydroxylation is 1. The number of fused-ring (bicyclic) bond motifs is 1. The number of aliphatic hydroxyl groups excluding tert-OH is 1. The molecule has 1 saturated heterocycles. The summed E-state index contributed by atoms with van der Waals surface area (Å²) < 4.78 is 18.8. The van der Waals surface area contributed by atoms with Crippen molar-refractivity contribution in [2.45, 2.75) is 44.6 Å². The van der Waals surface area contributed by atoms with Gasteiger partial charge in [-0.15, -0.1) is 0 Å². The van der Waals surface area contributed by atoms with Crippen molar-refractivity contribution >= 4 is 16.9 Å². The van der Waals surface area contributed by atoms with E-state index < -0.39 is 12.1 Å². The van der Waals surface area contributed by atoms with E-state index in [2.05, 4.69) is 9.88 Å². The molecule has 0 amide bonds. The Labute approximate surface area is 211 Å². The lowest BCUT2D eigenvalue weighted by Crippen LogP contribution is -2.42. The van der Waals surface area contributed by atoms with E-state index in [1.54, 1.807) is 25.4 Å². The summed E-state index contributed by atoms with van der Waals surface area (Å²) in [6, 6.07) is 14.2. The van der Waals surface area contributed by atoms with Gasteiger partial charge < -0.3 is 19.8 Å². The Morgan fingerprint density at radius 2 is 2.08 bits per heavy atom. The molecule has 1 aliphatic heterocycles. The first-order chi connectivity index (χ1) is 17.4. The van der Waals surface area contributed by atoms with E-state index in [1.165, 1.54) is 6.07 Å². The van der Waals surface area contributed by atoms with Crippen LogP contribution in [0.2, 0.25) is 0 Å². The van der Waals surface area contributed by atoms with Crippen molar-refractivity contribution < 1.29 is 24.1 Å². The van der Waals surface area contributed by atoms with Gasteiger partial charge in [0, 0.05) is 24.5 Å². The number of carboxylic acids is 1. The molecule has 2 aromatic carbocycles. The minimum absolute atomic E-state index is 0.0481. The van der Waals surface area contributed by atoms with Gasteiger partial charge in [-0.1, -0.05) is 12.1 Å². The molecule has 0 spiro atoms. The second-order valence-electron chi connectivity index (χ2n) is 9.82. The molecule has 0 saturated carbocycles. The van der Waals surface area contributed by atoms with Crippen molar-refractivity contribution in [3.05, 3.63) is 71.7 Å². The van der Waals surface area contributed by atoms with E-state index in [1.807, 2.05) is 30.3 Å². The first kappa shape index (κ1) is 26.0. The lowest BCUT2D eigenvalue weighted by Gasteiger charge is -2.38. The number of likely N-dealkylation sites (tertiary alicyclic amines) is 1. The second-order valence-corrected chi connectivity index (χ2v) is 9.82. The van der Waals surface area contributed by atoms with E-state index in [0.29, 0.717) is 6.42 Å². The van der Waals surface area contributed by atoms with Crippen LogP contribution in [0, 0.1) is 17.7 Å². The normalized spacial score (nSPS) is 19.3. The molecule has 0 radical (unpaired) electrons. The third-order valence-electron chi connectivity index (χ3n) is 7.39. The van der Waals surface area contributed by atoms with Gasteiger partial charge in [0.2, 0.25) is 0 Å². The number of carbonyl (C=O) groups is 1. The molecule has 4 rings (SSSR count). The molecular weight excluding hydrogens is 459 g/mol. The van der Waals surface area contributed by atoms with Gasteiger partial charge in [-0.2, -0.15) is 0 Å². The summed E-state index contributed by atoms with van der Waals surface area (Å²) in [6.07, 6.45) is 5.15. The number of aliphatic carboxylic acids is 1. The number of benzene rings is 2. The largest absolute Gasteiger partial charge is 0.497 e. The summed E-state index contributed by atoms with van der Waals surface area (Å²) in [7, 11) is 1.62. The maximum atomic E-state index is 13.4. The van der Waals surface area contributed by atoms with Crippen LogP contribution in [0.1, 0.15) is 49.3 Å². The molecule has 1 aromatic heterocycles. The van der Waals surface area contributed by atoms with Crippen LogP contribution >= 0.6 is 0 Å².